The summed E-state index contributed by atoms with van der Waals surface area (Å²) in [5, 5.41) is 3.46. The lowest BCUT2D eigenvalue weighted by molar-refractivity contribution is 0.460. The Hall–Kier alpha value is -0.340. The quantitative estimate of drug-likeness (QED) is 0.811. The summed E-state index contributed by atoms with van der Waals surface area (Å²) in [6.07, 6.45) is 2.63. The van der Waals surface area contributed by atoms with Gasteiger partial charge in [-0.15, -0.1) is 0 Å². The van der Waals surface area contributed by atoms with Gasteiger partial charge in [0, 0.05) is 11.0 Å². The zero-order valence-corrected chi connectivity index (χ0v) is 10.1. The van der Waals surface area contributed by atoms with E-state index in [0.717, 1.165) is 12.5 Å². The van der Waals surface area contributed by atoms with Gasteiger partial charge in [-0.05, 0) is 55.5 Å². The third-order valence-electron chi connectivity index (χ3n) is 2.97. The predicted octanol–water partition coefficient (Wildman–Crippen LogP) is 3.22. The average Bonchev–Trinajstić information content (AvgIpc) is 2.19. The first-order valence-electron chi connectivity index (χ1n) is 5.24. The summed E-state index contributed by atoms with van der Waals surface area (Å²) >= 11 is 3.50. The van der Waals surface area contributed by atoms with Gasteiger partial charge in [0.2, 0.25) is 0 Å². The van der Waals surface area contributed by atoms with E-state index in [2.05, 4.69) is 46.4 Å². The highest BCUT2D eigenvalue weighted by Crippen LogP contribution is 2.27. The summed E-state index contributed by atoms with van der Waals surface area (Å²) in [6, 6.07) is 6.62. The maximum atomic E-state index is 3.50. The molecule has 1 aliphatic rings. The van der Waals surface area contributed by atoms with E-state index >= 15 is 0 Å². The molecule has 0 radical (unpaired) electrons. The lowest BCUT2D eigenvalue weighted by Gasteiger charge is -2.24. The van der Waals surface area contributed by atoms with Crippen LogP contribution in [0.25, 0.3) is 0 Å². The lowest BCUT2D eigenvalue weighted by Crippen LogP contribution is -2.28. The lowest BCUT2D eigenvalue weighted by atomic mass is 9.89. The van der Waals surface area contributed by atoms with Gasteiger partial charge >= 0.3 is 0 Å². The first kappa shape index (κ1) is 10.2. The molecule has 1 saturated heterocycles. The Morgan fingerprint density at radius 3 is 2.93 bits per heavy atom. The molecule has 1 aromatic carbocycles. The summed E-state index contributed by atoms with van der Waals surface area (Å²) in [5.74, 6) is 0.719. The molecule has 0 aromatic heterocycles. The fraction of sp³-hybridized carbons (Fsp3) is 0.500. The highest BCUT2D eigenvalue weighted by molar-refractivity contribution is 9.10. The van der Waals surface area contributed by atoms with Crippen molar-refractivity contribution in [3.05, 3.63) is 33.8 Å². The highest BCUT2D eigenvalue weighted by atomic mass is 79.9. The van der Waals surface area contributed by atoms with Crippen LogP contribution >= 0.6 is 15.9 Å². The van der Waals surface area contributed by atoms with E-state index in [1.165, 1.54) is 35.0 Å². The van der Waals surface area contributed by atoms with Crippen molar-refractivity contribution >= 4 is 15.9 Å². The molecule has 0 aliphatic carbocycles. The second-order valence-corrected chi connectivity index (χ2v) is 4.96. The van der Waals surface area contributed by atoms with Crippen LogP contribution in [0.5, 0.6) is 0 Å². The third kappa shape index (κ3) is 2.18. The van der Waals surface area contributed by atoms with Crippen molar-refractivity contribution in [2.45, 2.75) is 25.7 Å². The van der Waals surface area contributed by atoms with Crippen LogP contribution in [0.1, 0.15) is 29.9 Å². The maximum Gasteiger partial charge on any atom is 0.0178 e. The second kappa shape index (κ2) is 4.45. The first-order valence-corrected chi connectivity index (χ1v) is 6.03. The monoisotopic (exact) mass is 253 g/mol. The van der Waals surface area contributed by atoms with E-state index in [0.29, 0.717) is 0 Å². The van der Waals surface area contributed by atoms with Gasteiger partial charge in [-0.2, -0.15) is 0 Å². The smallest absolute Gasteiger partial charge is 0.0178 e. The van der Waals surface area contributed by atoms with E-state index < -0.39 is 0 Å². The summed E-state index contributed by atoms with van der Waals surface area (Å²) in [5.41, 5.74) is 2.92. The number of benzene rings is 1. The molecular weight excluding hydrogens is 238 g/mol. The summed E-state index contributed by atoms with van der Waals surface area (Å²) in [4.78, 5) is 0. The van der Waals surface area contributed by atoms with Crippen LogP contribution in [-0.2, 0) is 0 Å². The minimum atomic E-state index is 0.719. The molecule has 76 valence electrons. The zero-order chi connectivity index (χ0) is 9.97. The van der Waals surface area contributed by atoms with E-state index in [9.17, 15) is 0 Å². The number of aryl methyl sites for hydroxylation is 1. The van der Waals surface area contributed by atoms with Gasteiger partial charge in [0.25, 0.3) is 0 Å². The molecular formula is C12H16BrN. The van der Waals surface area contributed by atoms with Crippen molar-refractivity contribution in [2.75, 3.05) is 13.1 Å². The molecule has 1 atom stereocenters. The van der Waals surface area contributed by atoms with Crippen LogP contribution < -0.4 is 5.32 Å². The number of hydrogen-bond donors (Lipinski definition) is 1. The molecule has 14 heavy (non-hydrogen) atoms. The molecule has 2 rings (SSSR count). The van der Waals surface area contributed by atoms with E-state index in [1.807, 2.05) is 0 Å². The summed E-state index contributed by atoms with van der Waals surface area (Å²) in [6.45, 7) is 4.53. The van der Waals surface area contributed by atoms with Gasteiger partial charge in [0.15, 0.2) is 0 Å². The van der Waals surface area contributed by atoms with Crippen LogP contribution in [-0.4, -0.2) is 13.1 Å². The van der Waals surface area contributed by atoms with E-state index in [-0.39, 0.29) is 0 Å². The van der Waals surface area contributed by atoms with Gasteiger partial charge in [0.1, 0.15) is 0 Å². The fourth-order valence-electron chi connectivity index (χ4n) is 2.21. The predicted molar refractivity (Wildman–Crippen MR) is 63.7 cm³/mol. The van der Waals surface area contributed by atoms with Crippen molar-refractivity contribution in [1.82, 2.24) is 5.32 Å². The van der Waals surface area contributed by atoms with Gasteiger partial charge in [-0.1, -0.05) is 22.0 Å². The Balaban J connectivity index is 2.22. The van der Waals surface area contributed by atoms with Gasteiger partial charge in [-0.25, -0.2) is 0 Å². The molecule has 0 saturated carbocycles. The minimum absolute atomic E-state index is 0.719. The Morgan fingerprint density at radius 1 is 1.43 bits per heavy atom. The summed E-state index contributed by atoms with van der Waals surface area (Å²) in [7, 11) is 0. The number of rotatable bonds is 1. The van der Waals surface area contributed by atoms with Crippen LogP contribution in [0.4, 0.5) is 0 Å². The number of piperidine rings is 1. The molecule has 1 heterocycles. The Bertz CT molecular complexity index is 316. The molecule has 2 heteroatoms. The van der Waals surface area contributed by atoms with E-state index in [4.69, 9.17) is 0 Å². The van der Waals surface area contributed by atoms with Crippen LogP contribution in [0.3, 0.4) is 0 Å². The molecule has 0 amide bonds. The second-order valence-electron chi connectivity index (χ2n) is 4.04. The van der Waals surface area contributed by atoms with Crippen molar-refractivity contribution in [1.29, 1.82) is 0 Å². The SMILES string of the molecule is Cc1cc(Br)ccc1C1CCCNC1. The Labute approximate surface area is 94.0 Å². The van der Waals surface area contributed by atoms with Crippen molar-refractivity contribution in [3.8, 4) is 0 Å². The van der Waals surface area contributed by atoms with E-state index in [1.54, 1.807) is 0 Å². The molecule has 1 aliphatic heterocycles. The molecule has 1 unspecified atom stereocenters. The van der Waals surface area contributed by atoms with Crippen molar-refractivity contribution < 1.29 is 0 Å². The summed E-state index contributed by atoms with van der Waals surface area (Å²) < 4.78 is 1.18. The molecule has 1 fully saturated rings. The van der Waals surface area contributed by atoms with Crippen molar-refractivity contribution in [3.63, 3.8) is 0 Å². The van der Waals surface area contributed by atoms with Gasteiger partial charge < -0.3 is 5.32 Å². The number of halogens is 1. The maximum absolute atomic E-state index is 3.50. The standard InChI is InChI=1S/C12H16BrN/c1-9-7-11(13)4-5-12(9)10-3-2-6-14-8-10/h4-5,7,10,14H,2-3,6,8H2,1H3. The Kier molecular flexibility index (Phi) is 3.24. The first-order chi connectivity index (χ1) is 6.77. The normalized spacial score (nSPS) is 22.3. The van der Waals surface area contributed by atoms with Crippen LogP contribution in [0, 0.1) is 6.92 Å². The highest BCUT2D eigenvalue weighted by Gasteiger charge is 2.16. The van der Waals surface area contributed by atoms with Crippen molar-refractivity contribution in [2.24, 2.45) is 0 Å². The molecule has 0 spiro atoms. The van der Waals surface area contributed by atoms with Crippen LogP contribution in [0.2, 0.25) is 0 Å². The molecule has 1 N–H and O–H groups in total. The zero-order valence-electron chi connectivity index (χ0n) is 8.52. The number of nitrogens with one attached hydrogen (secondary N) is 1. The molecule has 1 nitrogen and oxygen atoms in total. The molecule has 0 bridgehead atoms. The van der Waals surface area contributed by atoms with Crippen LogP contribution in [0.15, 0.2) is 22.7 Å². The minimum Gasteiger partial charge on any atom is -0.316 e. The Morgan fingerprint density at radius 2 is 2.29 bits per heavy atom. The number of hydrogen-bond acceptors (Lipinski definition) is 1. The average molecular weight is 254 g/mol. The molecule has 1 aromatic rings. The topological polar surface area (TPSA) is 12.0 Å². The fourth-order valence-corrected chi connectivity index (χ4v) is 2.69. The third-order valence-corrected chi connectivity index (χ3v) is 3.46. The largest absolute Gasteiger partial charge is 0.316 e. The van der Waals surface area contributed by atoms with Gasteiger partial charge in [0.05, 0.1) is 0 Å². The van der Waals surface area contributed by atoms with Gasteiger partial charge in [-0.3, -0.25) is 0 Å².